The molecule has 25 heavy (non-hydrogen) atoms. The number of hydrogen-bond acceptors (Lipinski definition) is 4. The molecule has 0 spiro atoms. The van der Waals surface area contributed by atoms with Crippen molar-refractivity contribution in [3.8, 4) is 0 Å². The molecule has 2 saturated heterocycles. The van der Waals surface area contributed by atoms with Crippen LogP contribution in [0, 0.1) is 0 Å². The third-order valence-electron chi connectivity index (χ3n) is 5.79. The van der Waals surface area contributed by atoms with Gasteiger partial charge in [0.05, 0.1) is 0 Å². The molecule has 0 bridgehead atoms. The molecule has 3 aliphatic rings. The highest BCUT2D eigenvalue weighted by molar-refractivity contribution is 7.08. The van der Waals surface area contributed by atoms with Gasteiger partial charge in [0, 0.05) is 44.5 Å². The fraction of sp³-hybridized carbons (Fsp3) is 0.524. The highest BCUT2D eigenvalue weighted by Gasteiger charge is 2.25. The summed E-state index contributed by atoms with van der Waals surface area (Å²) in [6.07, 6.45) is 10.8. The fourth-order valence-corrected chi connectivity index (χ4v) is 4.92. The predicted octanol–water partition coefficient (Wildman–Crippen LogP) is 3.69. The van der Waals surface area contributed by atoms with Gasteiger partial charge in [-0.25, -0.2) is 0 Å². The van der Waals surface area contributed by atoms with Crippen molar-refractivity contribution in [3.05, 3.63) is 52.9 Å². The van der Waals surface area contributed by atoms with Crippen LogP contribution in [0.4, 0.5) is 0 Å². The Labute approximate surface area is 155 Å². The van der Waals surface area contributed by atoms with Crippen LogP contribution < -0.4 is 0 Å². The molecule has 2 aliphatic heterocycles. The van der Waals surface area contributed by atoms with E-state index in [9.17, 15) is 0 Å². The summed E-state index contributed by atoms with van der Waals surface area (Å²) in [5.41, 5.74) is 4.20. The first-order chi connectivity index (χ1) is 12.3. The molecule has 1 aromatic heterocycles. The minimum atomic E-state index is 0.550. The first-order valence-corrected chi connectivity index (χ1v) is 10.5. The lowest BCUT2D eigenvalue weighted by molar-refractivity contribution is 0.129. The van der Waals surface area contributed by atoms with Gasteiger partial charge < -0.3 is 4.90 Å². The molecule has 1 aliphatic carbocycles. The van der Waals surface area contributed by atoms with Gasteiger partial charge in [-0.15, -0.1) is 0 Å². The standard InChI is InChI=1S/C21H29N3S/c1-18(16-22-8-2-3-9-22)23-10-12-24(13-11-23)21-6-4-5-19(15-21)20-7-14-25-17-20/h4-7,14,17,21H,1-3,8-13,15-16H2. The minimum absolute atomic E-state index is 0.550. The van der Waals surface area contributed by atoms with Gasteiger partial charge in [-0.3, -0.25) is 9.80 Å². The van der Waals surface area contributed by atoms with Crippen molar-refractivity contribution in [3.63, 3.8) is 0 Å². The van der Waals surface area contributed by atoms with Crippen LogP contribution in [0.3, 0.4) is 0 Å². The van der Waals surface area contributed by atoms with Crippen LogP contribution in [-0.4, -0.2) is 66.6 Å². The van der Waals surface area contributed by atoms with Gasteiger partial charge >= 0.3 is 0 Å². The second-order valence-corrected chi connectivity index (χ2v) is 8.21. The Kier molecular flexibility index (Phi) is 5.39. The van der Waals surface area contributed by atoms with Crippen LogP contribution in [0.25, 0.3) is 5.57 Å². The maximum Gasteiger partial charge on any atom is 0.0377 e. The van der Waals surface area contributed by atoms with Crippen molar-refractivity contribution < 1.29 is 0 Å². The van der Waals surface area contributed by atoms with Crippen molar-refractivity contribution >= 4 is 16.9 Å². The summed E-state index contributed by atoms with van der Waals surface area (Å²) >= 11 is 1.79. The van der Waals surface area contributed by atoms with Crippen molar-refractivity contribution in [1.29, 1.82) is 0 Å². The van der Waals surface area contributed by atoms with Crippen molar-refractivity contribution in [2.75, 3.05) is 45.8 Å². The largest absolute Gasteiger partial charge is 0.372 e. The monoisotopic (exact) mass is 355 g/mol. The number of thiophene rings is 1. The van der Waals surface area contributed by atoms with Crippen LogP contribution in [0.1, 0.15) is 24.8 Å². The second kappa shape index (κ2) is 7.90. The Bertz CT molecular complexity index is 632. The molecule has 3 heterocycles. The maximum atomic E-state index is 4.37. The van der Waals surface area contributed by atoms with E-state index in [1.54, 1.807) is 11.3 Å². The van der Waals surface area contributed by atoms with Gasteiger partial charge in [0.1, 0.15) is 0 Å². The lowest BCUT2D eigenvalue weighted by Gasteiger charge is -2.41. The van der Waals surface area contributed by atoms with Crippen LogP contribution in [0.5, 0.6) is 0 Å². The van der Waals surface area contributed by atoms with E-state index >= 15 is 0 Å². The molecule has 0 radical (unpaired) electrons. The van der Waals surface area contributed by atoms with Crippen LogP contribution in [-0.2, 0) is 0 Å². The SMILES string of the molecule is C=C(CN1CCCC1)N1CCN(C2C=CC=C(c3ccsc3)C2)CC1. The number of allylic oxidation sites excluding steroid dienone is 2. The number of piperazine rings is 1. The summed E-state index contributed by atoms with van der Waals surface area (Å²) in [6.45, 7) is 12.5. The molecule has 134 valence electrons. The number of likely N-dealkylation sites (tertiary alicyclic amines) is 1. The molecule has 4 heteroatoms. The third-order valence-corrected chi connectivity index (χ3v) is 6.47. The number of nitrogens with zero attached hydrogens (tertiary/aromatic N) is 3. The van der Waals surface area contributed by atoms with Crippen molar-refractivity contribution in [2.24, 2.45) is 0 Å². The fourth-order valence-electron chi connectivity index (χ4n) is 4.24. The van der Waals surface area contributed by atoms with Gasteiger partial charge in [0.2, 0.25) is 0 Å². The zero-order chi connectivity index (χ0) is 17.1. The van der Waals surface area contributed by atoms with E-state index in [-0.39, 0.29) is 0 Å². The molecular formula is C21H29N3S. The molecule has 1 unspecified atom stereocenters. The lowest BCUT2D eigenvalue weighted by Crippen LogP contribution is -2.50. The molecule has 0 saturated carbocycles. The summed E-state index contributed by atoms with van der Waals surface area (Å²) < 4.78 is 0. The predicted molar refractivity (Wildman–Crippen MR) is 108 cm³/mol. The molecular weight excluding hydrogens is 326 g/mol. The molecule has 2 fully saturated rings. The Morgan fingerprint density at radius 2 is 1.92 bits per heavy atom. The first kappa shape index (κ1) is 17.1. The first-order valence-electron chi connectivity index (χ1n) is 9.59. The Hall–Kier alpha value is -1.36. The van der Waals surface area contributed by atoms with Crippen LogP contribution >= 0.6 is 11.3 Å². The van der Waals surface area contributed by atoms with Crippen LogP contribution in [0.2, 0.25) is 0 Å². The molecule has 3 nitrogen and oxygen atoms in total. The number of rotatable bonds is 5. The van der Waals surface area contributed by atoms with Gasteiger partial charge in [-0.2, -0.15) is 11.3 Å². The summed E-state index contributed by atoms with van der Waals surface area (Å²) in [5.74, 6) is 0. The summed E-state index contributed by atoms with van der Waals surface area (Å²) in [6, 6.07) is 2.79. The van der Waals surface area contributed by atoms with E-state index in [4.69, 9.17) is 0 Å². The lowest BCUT2D eigenvalue weighted by atomic mass is 9.95. The van der Waals surface area contributed by atoms with Gasteiger partial charge in [0.15, 0.2) is 0 Å². The Morgan fingerprint density at radius 1 is 1.12 bits per heavy atom. The van der Waals surface area contributed by atoms with E-state index in [1.807, 2.05) is 0 Å². The summed E-state index contributed by atoms with van der Waals surface area (Å²) in [5, 5.41) is 4.44. The number of hydrogen-bond donors (Lipinski definition) is 0. The average molecular weight is 356 g/mol. The quantitative estimate of drug-likeness (QED) is 0.798. The molecule has 0 aromatic carbocycles. The second-order valence-electron chi connectivity index (χ2n) is 7.43. The maximum absolute atomic E-state index is 4.37. The Morgan fingerprint density at radius 3 is 2.64 bits per heavy atom. The van der Waals surface area contributed by atoms with Gasteiger partial charge in [-0.1, -0.05) is 24.8 Å². The molecule has 4 rings (SSSR count). The van der Waals surface area contributed by atoms with Crippen LogP contribution in [0.15, 0.2) is 47.3 Å². The average Bonchev–Trinajstić information content (AvgIpc) is 3.36. The summed E-state index contributed by atoms with van der Waals surface area (Å²) in [7, 11) is 0. The van der Waals surface area contributed by atoms with E-state index in [2.05, 4.69) is 56.3 Å². The normalized spacial score (nSPS) is 25.4. The van der Waals surface area contributed by atoms with Gasteiger partial charge in [-0.05, 0) is 60.3 Å². The van der Waals surface area contributed by atoms with Gasteiger partial charge in [0.25, 0.3) is 0 Å². The highest BCUT2D eigenvalue weighted by atomic mass is 32.1. The van der Waals surface area contributed by atoms with E-state index in [0.29, 0.717) is 6.04 Å². The van der Waals surface area contributed by atoms with E-state index in [1.165, 1.54) is 42.8 Å². The zero-order valence-corrected chi connectivity index (χ0v) is 15.9. The molecule has 0 N–H and O–H groups in total. The topological polar surface area (TPSA) is 9.72 Å². The smallest absolute Gasteiger partial charge is 0.0377 e. The minimum Gasteiger partial charge on any atom is -0.372 e. The van der Waals surface area contributed by atoms with Crippen molar-refractivity contribution in [2.45, 2.75) is 25.3 Å². The Balaban J connectivity index is 1.28. The van der Waals surface area contributed by atoms with E-state index in [0.717, 1.165) is 39.1 Å². The van der Waals surface area contributed by atoms with Crippen molar-refractivity contribution in [1.82, 2.24) is 14.7 Å². The molecule has 1 aromatic rings. The van der Waals surface area contributed by atoms with E-state index < -0.39 is 0 Å². The highest BCUT2D eigenvalue weighted by Crippen LogP contribution is 2.28. The molecule has 0 amide bonds. The zero-order valence-electron chi connectivity index (χ0n) is 15.1. The summed E-state index contributed by atoms with van der Waals surface area (Å²) in [4.78, 5) is 7.71. The third kappa shape index (κ3) is 4.08. The molecule has 1 atom stereocenters.